The van der Waals surface area contributed by atoms with Gasteiger partial charge in [-0.2, -0.15) is 0 Å². The Hall–Kier alpha value is -2.05. The van der Waals surface area contributed by atoms with E-state index in [4.69, 9.17) is 16.6 Å². The summed E-state index contributed by atoms with van der Waals surface area (Å²) in [6, 6.07) is 14.9. The number of nitrogens with zero attached hydrogens (tertiary/aromatic N) is 1. The summed E-state index contributed by atoms with van der Waals surface area (Å²) >= 11 is 5.99. The first-order valence-electron chi connectivity index (χ1n) is 9.69. The molecule has 5 nitrogen and oxygen atoms in total. The Labute approximate surface area is 179 Å². The van der Waals surface area contributed by atoms with E-state index in [-0.39, 0.29) is 5.41 Å². The molecule has 7 heteroatoms. The molecule has 0 aliphatic heterocycles. The van der Waals surface area contributed by atoms with E-state index < -0.39 is 9.84 Å². The molecule has 0 radical (unpaired) electrons. The largest absolute Gasteiger partial charge is 0.357 e. The zero-order chi connectivity index (χ0) is 21.5. The van der Waals surface area contributed by atoms with Gasteiger partial charge in [-0.3, -0.25) is 4.99 Å². The van der Waals surface area contributed by atoms with Crippen LogP contribution in [0.15, 0.2) is 58.4 Å². The van der Waals surface area contributed by atoms with Crippen molar-refractivity contribution >= 4 is 27.4 Å². The van der Waals surface area contributed by atoms with Gasteiger partial charge in [-0.05, 0) is 48.7 Å². The number of rotatable bonds is 8. The minimum Gasteiger partial charge on any atom is -0.357 e. The van der Waals surface area contributed by atoms with E-state index in [1.54, 1.807) is 12.1 Å². The number of hydrogen-bond donors (Lipinski definition) is 2. The highest BCUT2D eigenvalue weighted by Gasteiger charge is 2.20. The van der Waals surface area contributed by atoms with Crippen LogP contribution in [0, 0.1) is 0 Å². The molecule has 0 heterocycles. The molecule has 0 amide bonds. The van der Waals surface area contributed by atoms with Crippen LogP contribution < -0.4 is 10.6 Å². The predicted octanol–water partition coefficient (Wildman–Crippen LogP) is 3.82. The van der Waals surface area contributed by atoms with Crippen molar-refractivity contribution in [3.05, 3.63) is 64.7 Å². The fraction of sp³-hybridized carbons (Fsp3) is 0.409. The van der Waals surface area contributed by atoms with E-state index in [9.17, 15) is 8.42 Å². The van der Waals surface area contributed by atoms with E-state index in [0.717, 1.165) is 29.5 Å². The second-order valence-corrected chi connectivity index (χ2v) is 10.1. The van der Waals surface area contributed by atoms with Crippen LogP contribution in [0.5, 0.6) is 0 Å². The zero-order valence-corrected chi connectivity index (χ0v) is 19.1. The van der Waals surface area contributed by atoms with Gasteiger partial charge in [0.2, 0.25) is 0 Å². The molecule has 0 aliphatic rings. The molecule has 2 aromatic rings. The smallest absolute Gasteiger partial charge is 0.191 e. The number of nitrogens with one attached hydrogen (secondary N) is 2. The molecular weight excluding hydrogens is 406 g/mol. The Balaban J connectivity index is 1.96. The highest BCUT2D eigenvalue weighted by atomic mass is 35.5. The highest BCUT2D eigenvalue weighted by Crippen LogP contribution is 2.24. The number of aliphatic imine (C=N–C) groups is 1. The van der Waals surface area contributed by atoms with Gasteiger partial charge in [0, 0.05) is 29.8 Å². The molecular formula is C22H30ClN3O2S. The summed E-state index contributed by atoms with van der Waals surface area (Å²) in [5, 5.41) is 7.35. The Morgan fingerprint density at radius 1 is 1.03 bits per heavy atom. The maximum atomic E-state index is 11.5. The number of halogens is 1. The number of benzene rings is 2. The Bertz CT molecular complexity index is 922. The van der Waals surface area contributed by atoms with Gasteiger partial charge in [0.15, 0.2) is 15.8 Å². The van der Waals surface area contributed by atoms with Crippen molar-refractivity contribution in [1.29, 1.82) is 0 Å². The second kappa shape index (κ2) is 10.1. The molecule has 0 aliphatic carbocycles. The molecule has 158 valence electrons. The molecule has 0 saturated carbocycles. The number of sulfone groups is 1. The lowest BCUT2D eigenvalue weighted by Gasteiger charge is -2.24. The molecule has 0 unspecified atom stereocenters. The SMILES string of the molecule is CCNC(=NCC(C)(C)c1ccc(Cl)cc1)NCCc1ccc(S(C)(=O)=O)cc1. The topological polar surface area (TPSA) is 70.6 Å². The molecule has 2 rings (SSSR count). The van der Waals surface area contributed by atoms with Crippen LogP contribution >= 0.6 is 11.6 Å². The summed E-state index contributed by atoms with van der Waals surface area (Å²) in [5.41, 5.74) is 2.14. The van der Waals surface area contributed by atoms with Crippen molar-refractivity contribution in [2.75, 3.05) is 25.9 Å². The molecule has 0 aromatic heterocycles. The van der Waals surface area contributed by atoms with Crippen LogP contribution in [-0.2, 0) is 21.7 Å². The van der Waals surface area contributed by atoms with Gasteiger partial charge in [-0.1, -0.05) is 49.7 Å². The molecule has 0 saturated heterocycles. The highest BCUT2D eigenvalue weighted by molar-refractivity contribution is 7.90. The third kappa shape index (κ3) is 7.37. The first kappa shape index (κ1) is 23.2. The van der Waals surface area contributed by atoms with Crippen molar-refractivity contribution in [2.45, 2.75) is 37.5 Å². The molecule has 29 heavy (non-hydrogen) atoms. The summed E-state index contributed by atoms with van der Waals surface area (Å²) < 4.78 is 23.1. The average Bonchev–Trinajstić information content (AvgIpc) is 2.66. The summed E-state index contributed by atoms with van der Waals surface area (Å²) in [7, 11) is -3.16. The van der Waals surface area contributed by atoms with Crippen LogP contribution in [0.3, 0.4) is 0 Å². The Morgan fingerprint density at radius 2 is 1.66 bits per heavy atom. The van der Waals surface area contributed by atoms with Crippen molar-refractivity contribution in [3.63, 3.8) is 0 Å². The number of hydrogen-bond acceptors (Lipinski definition) is 3. The summed E-state index contributed by atoms with van der Waals surface area (Å²) in [6.07, 6.45) is 1.99. The lowest BCUT2D eigenvalue weighted by atomic mass is 9.85. The maximum absolute atomic E-state index is 11.5. The number of guanidine groups is 1. The quantitative estimate of drug-likeness (QED) is 0.488. The molecule has 0 spiro atoms. The average molecular weight is 436 g/mol. The molecule has 0 fully saturated rings. The Kier molecular flexibility index (Phi) is 8.11. The van der Waals surface area contributed by atoms with Gasteiger partial charge in [0.25, 0.3) is 0 Å². The molecule has 2 N–H and O–H groups in total. The van der Waals surface area contributed by atoms with Gasteiger partial charge in [0.1, 0.15) is 0 Å². The van der Waals surface area contributed by atoms with E-state index in [0.29, 0.717) is 18.0 Å². The summed E-state index contributed by atoms with van der Waals surface area (Å²) in [4.78, 5) is 5.08. The van der Waals surface area contributed by atoms with Gasteiger partial charge in [0.05, 0.1) is 11.4 Å². The predicted molar refractivity (Wildman–Crippen MR) is 122 cm³/mol. The monoisotopic (exact) mass is 435 g/mol. The van der Waals surface area contributed by atoms with Crippen molar-refractivity contribution in [1.82, 2.24) is 10.6 Å². The van der Waals surface area contributed by atoms with Crippen LogP contribution in [-0.4, -0.2) is 40.3 Å². The molecule has 0 atom stereocenters. The van der Waals surface area contributed by atoms with E-state index in [2.05, 4.69) is 24.5 Å². The molecule has 2 aromatic carbocycles. The van der Waals surface area contributed by atoms with Crippen molar-refractivity contribution < 1.29 is 8.42 Å². The van der Waals surface area contributed by atoms with E-state index in [1.165, 1.54) is 11.8 Å². The third-order valence-electron chi connectivity index (χ3n) is 4.66. The van der Waals surface area contributed by atoms with Gasteiger partial charge < -0.3 is 10.6 Å². The van der Waals surface area contributed by atoms with Crippen LogP contribution in [0.25, 0.3) is 0 Å². The molecule has 0 bridgehead atoms. The maximum Gasteiger partial charge on any atom is 0.191 e. The van der Waals surface area contributed by atoms with Crippen LogP contribution in [0.1, 0.15) is 31.9 Å². The van der Waals surface area contributed by atoms with Gasteiger partial charge in [-0.25, -0.2) is 8.42 Å². The third-order valence-corrected chi connectivity index (χ3v) is 6.04. The fourth-order valence-electron chi connectivity index (χ4n) is 2.84. The van der Waals surface area contributed by atoms with Gasteiger partial charge >= 0.3 is 0 Å². The fourth-order valence-corrected chi connectivity index (χ4v) is 3.60. The minimum atomic E-state index is -3.16. The lowest BCUT2D eigenvalue weighted by molar-refractivity contribution is 0.537. The van der Waals surface area contributed by atoms with Gasteiger partial charge in [-0.15, -0.1) is 0 Å². The van der Waals surface area contributed by atoms with Crippen molar-refractivity contribution in [3.8, 4) is 0 Å². The summed E-state index contributed by atoms with van der Waals surface area (Å²) in [5.74, 6) is 0.766. The Morgan fingerprint density at radius 3 is 2.21 bits per heavy atom. The minimum absolute atomic E-state index is 0.117. The van der Waals surface area contributed by atoms with Crippen LogP contribution in [0.4, 0.5) is 0 Å². The first-order chi connectivity index (χ1) is 13.6. The van der Waals surface area contributed by atoms with E-state index >= 15 is 0 Å². The summed E-state index contributed by atoms with van der Waals surface area (Å²) in [6.45, 7) is 8.46. The van der Waals surface area contributed by atoms with Crippen LogP contribution in [0.2, 0.25) is 5.02 Å². The zero-order valence-electron chi connectivity index (χ0n) is 17.5. The normalized spacial score (nSPS) is 12.7. The standard InChI is InChI=1S/C22H30ClN3O2S/c1-5-24-21(26-16-22(2,3)18-8-10-19(23)11-9-18)25-15-14-17-6-12-20(13-7-17)29(4,27)28/h6-13H,5,14-16H2,1-4H3,(H2,24,25,26). The first-order valence-corrected chi connectivity index (χ1v) is 12.0. The van der Waals surface area contributed by atoms with Crippen molar-refractivity contribution in [2.24, 2.45) is 4.99 Å². The van der Waals surface area contributed by atoms with E-state index in [1.807, 2.05) is 43.3 Å². The second-order valence-electron chi connectivity index (χ2n) is 7.68. The lowest BCUT2D eigenvalue weighted by Crippen LogP contribution is -2.39.